The number of hydrogen-bond donors (Lipinski definition) is 2. The van der Waals surface area contributed by atoms with E-state index in [2.05, 4.69) is 14.9 Å². The van der Waals surface area contributed by atoms with Crippen molar-refractivity contribution in [2.45, 2.75) is 81.3 Å². The molecule has 0 radical (unpaired) electrons. The highest BCUT2D eigenvalue weighted by molar-refractivity contribution is 6.45. The van der Waals surface area contributed by atoms with Crippen LogP contribution in [0, 0.1) is 5.82 Å². The molecule has 5 heterocycles. The number of likely N-dealkylation sites (N-methyl/N-ethyl adjacent to an activating group) is 1. The van der Waals surface area contributed by atoms with E-state index in [9.17, 15) is 26.7 Å². The monoisotopic (exact) mass is 756 g/mol. The molecule has 1 amide bonds. The first-order valence-corrected chi connectivity index (χ1v) is 17.6. The van der Waals surface area contributed by atoms with Crippen molar-refractivity contribution in [2.75, 3.05) is 57.0 Å². The predicted octanol–water partition coefficient (Wildman–Crippen LogP) is 4.61. The number of halogens is 7. The van der Waals surface area contributed by atoms with Crippen LogP contribution in [0.15, 0.2) is 27.9 Å². The quantitative estimate of drug-likeness (QED) is 0.225. The minimum atomic E-state index is -4.89. The summed E-state index contributed by atoms with van der Waals surface area (Å²) in [6.07, 6.45) is -6.09. The third-order valence-electron chi connectivity index (χ3n) is 10.7. The maximum Gasteiger partial charge on any atom is 0.416 e. The van der Waals surface area contributed by atoms with Crippen LogP contribution in [0.25, 0.3) is 0 Å². The van der Waals surface area contributed by atoms with Gasteiger partial charge in [-0.2, -0.15) is 23.1 Å². The van der Waals surface area contributed by atoms with Gasteiger partial charge >= 0.3 is 12.2 Å². The number of carbonyl (C=O) groups is 1. The molecule has 7 rings (SSSR count). The lowest BCUT2D eigenvalue weighted by molar-refractivity contribution is -0.140. The topological polar surface area (TPSA) is 135 Å². The Bertz CT molecular complexity index is 1810. The number of aliphatic imine (C=N–C) groups is 1. The van der Waals surface area contributed by atoms with Crippen LogP contribution >= 0.6 is 11.6 Å². The van der Waals surface area contributed by atoms with Crippen molar-refractivity contribution in [1.29, 1.82) is 0 Å². The van der Waals surface area contributed by atoms with Gasteiger partial charge in [0.25, 0.3) is 5.91 Å². The number of nitrogens with zero attached hydrogens (tertiary/aromatic N) is 6. The lowest BCUT2D eigenvalue weighted by Crippen LogP contribution is -2.43. The van der Waals surface area contributed by atoms with Crippen molar-refractivity contribution < 1.29 is 40.6 Å². The van der Waals surface area contributed by atoms with Gasteiger partial charge in [0, 0.05) is 57.1 Å². The summed E-state index contributed by atoms with van der Waals surface area (Å²) in [5.74, 6) is -1.55. The number of nitrogen functional groups attached to an aromatic ring is 1. The second kappa shape index (κ2) is 13.9. The highest BCUT2D eigenvalue weighted by Crippen LogP contribution is 2.44. The molecule has 4 N–H and O–H groups in total. The molecule has 2 unspecified atom stereocenters. The molecule has 11 nitrogen and oxygen atoms in total. The maximum atomic E-state index is 15.4. The molecular weight excluding hydrogens is 718 g/mol. The highest BCUT2D eigenvalue weighted by Gasteiger charge is 2.50. The van der Waals surface area contributed by atoms with Crippen LogP contribution in [0.1, 0.15) is 60.6 Å². The normalized spacial score (nSPS) is 28.1. The number of rotatable bonds is 8. The Kier molecular flexibility index (Phi) is 9.74. The van der Waals surface area contributed by atoms with Crippen LogP contribution in [0.5, 0.6) is 6.01 Å². The Hall–Kier alpha value is -3.83. The van der Waals surface area contributed by atoms with Gasteiger partial charge in [0.1, 0.15) is 30.5 Å². The predicted molar refractivity (Wildman–Crippen MR) is 180 cm³/mol. The summed E-state index contributed by atoms with van der Waals surface area (Å²) in [6, 6.07) is 0.916. The summed E-state index contributed by atoms with van der Waals surface area (Å²) in [5, 5.41) is -0.102. The largest absolute Gasteiger partial charge is 0.461 e. The van der Waals surface area contributed by atoms with E-state index in [1.165, 1.54) is 11.9 Å². The molecule has 5 aliphatic rings. The maximum absolute atomic E-state index is 15.4. The molecule has 18 heteroatoms. The van der Waals surface area contributed by atoms with Gasteiger partial charge in [-0.05, 0) is 37.9 Å². The van der Waals surface area contributed by atoms with Gasteiger partial charge in [0.05, 0.1) is 58.5 Å². The molecule has 3 fully saturated rings. The SMILES string of the molecule is CN(C(=O)C(N)=C(Cl)C1=NCCCN(c2nc(OC[C@@]34CCCN3C[C@H](F)C4)nc3c2CO[C@H](c2c(C(F)(F)F)ccc(N)c2F)C3)C1)C1CC1F. The molecule has 4 aliphatic heterocycles. The molecule has 2 aromatic rings. The summed E-state index contributed by atoms with van der Waals surface area (Å²) in [4.78, 5) is 32.0. The smallest absolute Gasteiger partial charge is 0.416 e. The molecule has 1 saturated carbocycles. The first-order valence-electron chi connectivity index (χ1n) is 17.2. The van der Waals surface area contributed by atoms with E-state index in [0.717, 1.165) is 31.5 Å². The van der Waals surface area contributed by atoms with Crippen LogP contribution in [0.3, 0.4) is 0 Å². The minimum absolute atomic E-state index is 0.0152. The standard InChI is InChI=1S/C34H39ClF6N8O3/c1-47(24-10-20(24)37)31(50)29(43)27(35)23-14-48(8-3-7-44-23)30-18-15-51-25(26-19(34(39,40)41)4-5-21(42)28(26)38)11-22(18)45-32(46-30)52-16-33-6-2-9-49(33)13-17(36)12-33/h4-5,17,20,24-25H,2-3,6-16,42-43H2,1H3/t17-,20?,24?,25+,33+/m1/s1. The molecule has 282 valence electrons. The molecule has 2 saturated heterocycles. The summed E-state index contributed by atoms with van der Waals surface area (Å²) in [6.45, 7) is 1.54. The Balaban J connectivity index is 1.23. The van der Waals surface area contributed by atoms with Gasteiger partial charge in [-0.3, -0.25) is 14.7 Å². The fourth-order valence-corrected chi connectivity index (χ4v) is 8.01. The van der Waals surface area contributed by atoms with E-state index in [4.69, 9.17) is 37.5 Å². The number of anilines is 2. The van der Waals surface area contributed by atoms with E-state index in [0.29, 0.717) is 37.4 Å². The molecule has 0 spiro atoms. The average molecular weight is 757 g/mol. The summed E-state index contributed by atoms with van der Waals surface area (Å²) in [7, 11) is 1.45. The van der Waals surface area contributed by atoms with Crippen LogP contribution in [0.2, 0.25) is 0 Å². The van der Waals surface area contributed by atoms with Crippen molar-refractivity contribution in [2.24, 2.45) is 10.7 Å². The second-order valence-corrected chi connectivity index (χ2v) is 14.5. The lowest BCUT2D eigenvalue weighted by Gasteiger charge is -2.33. The number of aromatic nitrogens is 2. The zero-order valence-corrected chi connectivity index (χ0v) is 29.1. The number of fused-ring (bicyclic) bond motifs is 2. The summed E-state index contributed by atoms with van der Waals surface area (Å²) < 4.78 is 98.0. The van der Waals surface area contributed by atoms with Crippen LogP contribution in [-0.2, 0) is 28.7 Å². The molecule has 5 atom stereocenters. The van der Waals surface area contributed by atoms with Gasteiger partial charge in [-0.15, -0.1) is 0 Å². The summed E-state index contributed by atoms with van der Waals surface area (Å²) >= 11 is 6.66. The van der Waals surface area contributed by atoms with Crippen LogP contribution in [0.4, 0.5) is 37.8 Å². The van der Waals surface area contributed by atoms with E-state index >= 15 is 4.39 Å². The molecule has 1 aliphatic carbocycles. The zero-order chi connectivity index (χ0) is 37.1. The fraction of sp³-hybridized carbons (Fsp3) is 0.588. The van der Waals surface area contributed by atoms with E-state index in [-0.39, 0.29) is 67.2 Å². The lowest BCUT2D eigenvalue weighted by atomic mass is 9.93. The zero-order valence-electron chi connectivity index (χ0n) is 28.4. The highest BCUT2D eigenvalue weighted by atomic mass is 35.5. The fourth-order valence-electron chi connectivity index (χ4n) is 7.81. The number of nitrogens with two attached hydrogens (primary N) is 2. The number of ether oxygens (including phenoxy) is 2. The third-order valence-corrected chi connectivity index (χ3v) is 11.1. The van der Waals surface area contributed by atoms with Crippen molar-refractivity contribution in [3.63, 3.8) is 0 Å². The Labute approximate surface area is 301 Å². The van der Waals surface area contributed by atoms with Crippen molar-refractivity contribution in [3.05, 3.63) is 51.1 Å². The van der Waals surface area contributed by atoms with E-state index in [1.54, 1.807) is 4.90 Å². The first-order chi connectivity index (χ1) is 24.7. The Morgan fingerprint density at radius 2 is 1.98 bits per heavy atom. The summed E-state index contributed by atoms with van der Waals surface area (Å²) in [5.41, 5.74) is 9.63. The number of alkyl halides is 5. The Morgan fingerprint density at radius 3 is 2.71 bits per heavy atom. The van der Waals surface area contributed by atoms with Crippen molar-refractivity contribution >= 4 is 34.7 Å². The number of amides is 1. The molecular formula is C34H39ClF6N8O3. The number of hydrogen-bond acceptors (Lipinski definition) is 10. The van der Waals surface area contributed by atoms with Crippen molar-refractivity contribution in [3.8, 4) is 6.01 Å². The van der Waals surface area contributed by atoms with Gasteiger partial charge in [-0.25, -0.2) is 13.2 Å². The number of carbonyl (C=O) groups excluding carboxylic acids is 1. The van der Waals surface area contributed by atoms with E-state index < -0.39 is 64.7 Å². The molecule has 0 bridgehead atoms. The average Bonchev–Trinajstić information content (AvgIpc) is 3.69. The Morgan fingerprint density at radius 1 is 1.21 bits per heavy atom. The second-order valence-electron chi connectivity index (χ2n) is 14.1. The first kappa shape index (κ1) is 36.5. The molecule has 1 aromatic heterocycles. The van der Waals surface area contributed by atoms with Crippen molar-refractivity contribution in [1.82, 2.24) is 19.8 Å². The molecule has 1 aromatic carbocycles. The van der Waals surface area contributed by atoms with Gasteiger partial charge in [0.2, 0.25) is 0 Å². The molecule has 52 heavy (non-hydrogen) atoms. The van der Waals surface area contributed by atoms with Gasteiger partial charge in [0.15, 0.2) is 5.82 Å². The minimum Gasteiger partial charge on any atom is -0.461 e. The third kappa shape index (κ3) is 6.86. The van der Waals surface area contributed by atoms with Crippen LogP contribution < -0.4 is 21.1 Å². The van der Waals surface area contributed by atoms with E-state index in [1.807, 2.05) is 0 Å². The van der Waals surface area contributed by atoms with Crippen LogP contribution in [-0.4, -0.2) is 102 Å². The van der Waals surface area contributed by atoms with Gasteiger partial charge in [-0.1, -0.05) is 11.6 Å². The van der Waals surface area contributed by atoms with Gasteiger partial charge < -0.3 is 30.7 Å². The number of benzene rings is 1.